The smallest absolute Gasteiger partial charge is 0.346 e. The van der Waals surface area contributed by atoms with Gasteiger partial charge >= 0.3 is 5.97 Å². The molecular formula is C93H96N4O6S2. The lowest BCUT2D eigenvalue weighted by molar-refractivity contribution is -0.132. The third-order valence-electron chi connectivity index (χ3n) is 20.3. The second-order valence-electron chi connectivity index (χ2n) is 27.8. The summed E-state index contributed by atoms with van der Waals surface area (Å²) in [5.74, 6) is 2.48. The highest BCUT2D eigenvalue weighted by Gasteiger charge is 2.42. The van der Waals surface area contributed by atoms with Crippen LogP contribution in [0.1, 0.15) is 183 Å². The van der Waals surface area contributed by atoms with Crippen molar-refractivity contribution in [2.24, 2.45) is 0 Å². The van der Waals surface area contributed by atoms with E-state index in [9.17, 15) is 15.2 Å². The van der Waals surface area contributed by atoms with Gasteiger partial charge in [0.25, 0.3) is 0 Å². The summed E-state index contributed by atoms with van der Waals surface area (Å²) in [6, 6.07) is 73.4. The summed E-state index contributed by atoms with van der Waals surface area (Å²) in [6.07, 6.45) is 25.4. The van der Waals surface area contributed by atoms with E-state index >= 15 is 0 Å². The minimum Gasteiger partial charge on any atom is -0.493 e. The first-order chi connectivity index (χ1) is 51.7. The summed E-state index contributed by atoms with van der Waals surface area (Å²) in [7, 11) is 0. The summed E-state index contributed by atoms with van der Waals surface area (Å²) in [5.41, 5.74) is 18.3. The zero-order chi connectivity index (χ0) is 72.3. The Kier molecular flexibility index (Phi) is 25.2. The van der Waals surface area contributed by atoms with Crippen LogP contribution in [0.3, 0.4) is 0 Å². The number of fused-ring (bicyclic) bond motifs is 4. The van der Waals surface area contributed by atoms with E-state index in [0.717, 1.165) is 179 Å². The number of carboxylic acids is 1. The summed E-state index contributed by atoms with van der Waals surface area (Å²) >= 11 is 3.11. The Morgan fingerprint density at radius 1 is 0.505 bits per heavy atom. The maximum Gasteiger partial charge on any atom is 0.346 e. The molecule has 0 radical (unpaired) electrons. The van der Waals surface area contributed by atoms with E-state index in [4.69, 9.17) is 28.9 Å². The van der Waals surface area contributed by atoms with E-state index < -0.39 is 5.97 Å². The van der Waals surface area contributed by atoms with Gasteiger partial charge in [0, 0.05) is 67.5 Å². The first-order valence-corrected chi connectivity index (χ1v) is 40.0. The van der Waals surface area contributed by atoms with Gasteiger partial charge in [-0.1, -0.05) is 239 Å². The molecule has 3 aromatic heterocycles. The van der Waals surface area contributed by atoms with Crippen molar-refractivity contribution in [3.63, 3.8) is 0 Å². The molecule has 1 aliphatic heterocycles. The van der Waals surface area contributed by atoms with Gasteiger partial charge in [0.15, 0.2) is 0 Å². The van der Waals surface area contributed by atoms with Gasteiger partial charge in [-0.3, -0.25) is 0 Å². The van der Waals surface area contributed by atoms with Crippen LogP contribution in [0.4, 0.5) is 11.4 Å². The molecule has 2 aliphatic rings. The Morgan fingerprint density at radius 2 is 1.01 bits per heavy atom. The topological polar surface area (TPSA) is 127 Å². The summed E-state index contributed by atoms with van der Waals surface area (Å²) < 4.78 is 25.9. The minimum atomic E-state index is -1.26. The number of nitriles is 1. The fourth-order valence-corrected chi connectivity index (χ4v) is 17.0. The number of unbranched alkanes of at least 4 members (excludes halogenated alkanes) is 12. The quantitative estimate of drug-likeness (QED) is 0.0175. The van der Waals surface area contributed by atoms with Gasteiger partial charge in [-0.15, -0.1) is 22.7 Å². The Labute approximate surface area is 628 Å². The highest BCUT2D eigenvalue weighted by molar-refractivity contribution is 7.25. The third-order valence-corrected chi connectivity index (χ3v) is 22.7. The van der Waals surface area contributed by atoms with E-state index in [-0.39, 0.29) is 5.57 Å². The Balaban J connectivity index is 0.851. The van der Waals surface area contributed by atoms with Crippen molar-refractivity contribution in [2.75, 3.05) is 31.3 Å². The zero-order valence-electron chi connectivity index (χ0n) is 61.2. The van der Waals surface area contributed by atoms with Crippen LogP contribution in [-0.4, -0.2) is 53.5 Å². The number of thiophene rings is 2. The van der Waals surface area contributed by atoms with E-state index in [0.29, 0.717) is 43.3 Å². The zero-order valence-corrected chi connectivity index (χ0v) is 62.9. The van der Waals surface area contributed by atoms with Crippen LogP contribution in [0.25, 0.3) is 93.7 Å². The Morgan fingerprint density at radius 3 is 1.51 bits per heavy atom. The largest absolute Gasteiger partial charge is 0.493 e. The molecule has 1 aliphatic carbocycles. The van der Waals surface area contributed by atoms with Crippen molar-refractivity contribution in [3.05, 3.63) is 233 Å². The maximum absolute atomic E-state index is 12.0. The van der Waals surface area contributed by atoms with Crippen molar-refractivity contribution in [1.82, 2.24) is 9.97 Å². The molecule has 1 N–H and O–H groups in total. The van der Waals surface area contributed by atoms with Crippen molar-refractivity contribution in [3.8, 4) is 94.0 Å². The van der Waals surface area contributed by atoms with Gasteiger partial charge in [0.2, 0.25) is 0 Å². The van der Waals surface area contributed by atoms with Gasteiger partial charge in [0.05, 0.1) is 47.6 Å². The van der Waals surface area contributed by atoms with E-state index in [1.165, 1.54) is 98.6 Å². The second-order valence-corrected chi connectivity index (χ2v) is 29.9. The first-order valence-electron chi connectivity index (χ1n) is 38.4. The average molecular weight is 1430 g/mol. The molecule has 10 nitrogen and oxygen atoms in total. The molecule has 11 aromatic rings. The van der Waals surface area contributed by atoms with Crippen molar-refractivity contribution in [1.29, 1.82) is 5.26 Å². The lowest BCUT2D eigenvalue weighted by Gasteiger charge is -2.27. The predicted molar refractivity (Wildman–Crippen MR) is 436 cm³/mol. The fourth-order valence-electron chi connectivity index (χ4n) is 14.7. The van der Waals surface area contributed by atoms with E-state index in [2.05, 4.69) is 190 Å². The maximum atomic E-state index is 12.0. The summed E-state index contributed by atoms with van der Waals surface area (Å²) in [5, 5.41) is 19.5. The number of hydrogen-bond acceptors (Lipinski definition) is 11. The standard InChI is InChI=1S/C93H96N4O6S2/c1-5-9-13-23-54-100-74-47-50-77(84(61-74)102-56-25-15-11-7-3)65-36-40-67(41-37-65)80(68-42-38-66(39-43-68)78-51-48-75(101-55-24-14-10-6-2)62-85(78)103-57-26-16-12-8-4)58-64-34-45-73(46-35-64)97-82-33-27-32-79(82)81-60-71(44-52-83(81)97)91-89-90(92(105-91)86-53-49-76(104-86)59-72(63-94)93(98)99)96-88(70-30-21-18-22-31-70)87(95-89)69-28-19-17-20-29-69/h17-22,28-31,34-53,58-62,79,82H,5-16,23-27,32-33,54-57H2,1-4H3,(H,98,99)/b72-59+. The van der Waals surface area contributed by atoms with E-state index in [1.807, 2.05) is 54.6 Å². The molecule has 2 atom stereocenters. The molecule has 13 rings (SSSR count). The SMILES string of the molecule is CCCCCCOc1ccc(-c2ccc(C(=Cc3ccc(N4c5ccc(-c6sc(-c7ccc(/C=C(\C#N)C(=O)O)s7)c7nc(-c8ccccc8)c(-c8ccccc8)nc67)cc5C5CCCC54)cc3)c3ccc(-c4ccc(OCCCCCC)cc4OCCCCCC)cc3)cc2)c(OCCCCCC)c1. The van der Waals surface area contributed by atoms with E-state index in [1.54, 1.807) is 11.3 Å². The molecule has 105 heavy (non-hydrogen) atoms. The molecule has 4 heterocycles. The van der Waals surface area contributed by atoms with Crippen molar-refractivity contribution < 1.29 is 28.8 Å². The lowest BCUT2D eigenvalue weighted by Crippen LogP contribution is -2.26. The first kappa shape index (κ1) is 73.3. The summed E-state index contributed by atoms with van der Waals surface area (Å²) in [4.78, 5) is 29.3. The van der Waals surface area contributed by atoms with Crippen LogP contribution in [0.15, 0.2) is 206 Å². The lowest BCUT2D eigenvalue weighted by atomic mass is 9.92. The number of aromatic nitrogens is 2. The monoisotopic (exact) mass is 1430 g/mol. The number of carboxylic acid groups (broad SMARTS) is 1. The minimum absolute atomic E-state index is 0.303. The molecule has 0 amide bonds. The van der Waals surface area contributed by atoms with Gasteiger partial charge in [0.1, 0.15) is 45.7 Å². The number of anilines is 2. The number of ether oxygens (including phenoxy) is 4. The van der Waals surface area contributed by atoms with Crippen LogP contribution >= 0.6 is 22.7 Å². The van der Waals surface area contributed by atoms with Gasteiger partial charge in [-0.25, -0.2) is 14.8 Å². The molecule has 0 bridgehead atoms. The third kappa shape index (κ3) is 17.7. The van der Waals surface area contributed by atoms with Crippen LogP contribution in [0.2, 0.25) is 0 Å². The van der Waals surface area contributed by atoms with Crippen LogP contribution in [0, 0.1) is 11.3 Å². The predicted octanol–water partition coefficient (Wildman–Crippen LogP) is 26.0. The number of carbonyl (C=O) groups is 1. The van der Waals surface area contributed by atoms with Crippen LogP contribution in [-0.2, 0) is 4.79 Å². The summed E-state index contributed by atoms with van der Waals surface area (Å²) in [6.45, 7) is 11.7. The fraction of sp³-hybridized carbons (Fsp3) is 0.312. The molecule has 536 valence electrons. The normalized spacial score (nSPS) is 13.9. The Hall–Kier alpha value is -10.1. The number of rotatable bonds is 36. The van der Waals surface area contributed by atoms with Crippen molar-refractivity contribution in [2.45, 2.75) is 162 Å². The molecule has 0 spiro atoms. The number of aliphatic carboxylic acids is 1. The van der Waals surface area contributed by atoms with Gasteiger partial charge in [-0.05, 0) is 156 Å². The molecule has 1 saturated carbocycles. The van der Waals surface area contributed by atoms with Crippen LogP contribution in [0.5, 0.6) is 23.0 Å². The van der Waals surface area contributed by atoms with Gasteiger partial charge in [-0.2, -0.15) is 5.26 Å². The number of hydrogen-bond donors (Lipinski definition) is 1. The number of nitrogens with zero attached hydrogens (tertiary/aromatic N) is 4. The number of benzene rings is 8. The second kappa shape index (κ2) is 36.1. The van der Waals surface area contributed by atoms with Crippen LogP contribution < -0.4 is 23.8 Å². The molecule has 2 unspecified atom stereocenters. The molecule has 12 heteroatoms. The highest BCUT2D eigenvalue weighted by Crippen LogP contribution is 2.55. The highest BCUT2D eigenvalue weighted by atomic mass is 32.1. The average Bonchev–Trinajstić information content (AvgIpc) is 1.58. The van der Waals surface area contributed by atoms with Gasteiger partial charge < -0.3 is 29.0 Å². The molecule has 8 aromatic carbocycles. The molecular weight excluding hydrogens is 1330 g/mol. The Bertz CT molecular complexity index is 4700. The molecule has 0 saturated heterocycles. The van der Waals surface area contributed by atoms with Crippen molar-refractivity contribution >= 4 is 68.8 Å². The molecule has 1 fully saturated rings.